The fraction of sp³-hybridized carbons (Fsp3) is 1.00. The first kappa shape index (κ1) is 12.0. The Hall–Kier alpha value is -0.0800. The van der Waals surface area contributed by atoms with Gasteiger partial charge >= 0.3 is 0 Å². The van der Waals surface area contributed by atoms with Gasteiger partial charge in [0.25, 0.3) is 0 Å². The van der Waals surface area contributed by atoms with Crippen molar-refractivity contribution in [2.24, 2.45) is 23.2 Å². The Morgan fingerprint density at radius 1 is 1.00 bits per heavy atom. The van der Waals surface area contributed by atoms with Crippen LogP contribution in [0.4, 0.5) is 0 Å². The molecule has 0 unspecified atom stereocenters. The summed E-state index contributed by atoms with van der Waals surface area (Å²) in [5.41, 5.74) is 0.297. The van der Waals surface area contributed by atoms with E-state index in [1.54, 1.807) is 0 Å². The normalized spacial score (nSPS) is 47.5. The van der Waals surface area contributed by atoms with E-state index in [9.17, 15) is 5.11 Å². The molecule has 4 fully saturated rings. The summed E-state index contributed by atoms with van der Waals surface area (Å²) in [6.07, 6.45) is 8.27. The molecule has 0 heterocycles. The molecule has 17 heavy (non-hydrogen) atoms. The second-order valence-corrected chi connectivity index (χ2v) is 7.59. The quantitative estimate of drug-likeness (QED) is 0.756. The first-order chi connectivity index (χ1) is 8.00. The molecule has 4 aliphatic rings. The summed E-state index contributed by atoms with van der Waals surface area (Å²) in [5, 5.41) is 10.8. The molecule has 4 rings (SSSR count). The van der Waals surface area contributed by atoms with E-state index >= 15 is 0 Å². The average Bonchev–Trinajstić information content (AvgIpc) is 2.25. The minimum Gasteiger partial charge on any atom is -0.386 e. The summed E-state index contributed by atoms with van der Waals surface area (Å²) < 4.78 is 0. The van der Waals surface area contributed by atoms with Crippen LogP contribution in [0.2, 0.25) is 0 Å². The first-order valence-corrected chi connectivity index (χ1v) is 7.48. The van der Waals surface area contributed by atoms with Crippen molar-refractivity contribution < 1.29 is 10.0 Å². The lowest BCUT2D eigenvalue weighted by atomic mass is 9.47. The highest BCUT2D eigenvalue weighted by molar-refractivity contribution is 5.05. The fourth-order valence-corrected chi connectivity index (χ4v) is 5.39. The molecule has 4 aliphatic carbocycles. The second-order valence-electron chi connectivity index (χ2n) is 7.59. The summed E-state index contributed by atoms with van der Waals surface area (Å²) in [7, 11) is 4.35. The first-order valence-electron chi connectivity index (χ1n) is 7.48. The highest BCUT2D eigenvalue weighted by Gasteiger charge is 2.55. The van der Waals surface area contributed by atoms with Gasteiger partial charge in [0.2, 0.25) is 0 Å². The van der Waals surface area contributed by atoms with Gasteiger partial charge in [0.15, 0.2) is 0 Å². The van der Waals surface area contributed by atoms with Crippen molar-refractivity contribution in [2.75, 3.05) is 14.1 Å². The maximum atomic E-state index is 10.8. The van der Waals surface area contributed by atoms with Crippen molar-refractivity contribution in [1.82, 2.24) is 0 Å². The Morgan fingerprint density at radius 2 is 1.41 bits per heavy atom. The van der Waals surface area contributed by atoms with E-state index in [1.807, 2.05) is 0 Å². The zero-order valence-electron chi connectivity index (χ0n) is 11.6. The standard InChI is InChI=1S/C15H27NO/c1-10(16(2)3)14(17)15-7-11-4-12(8-15)6-13(5-11)9-15/h10-14,17H,4-9H2,1-3H3/p+1/t10-,11?,12?,13?,14+,15?/m1/s1. The molecule has 0 saturated heterocycles. The SMILES string of the molecule is C[C@H]([C@H](O)C12CC3CC(CC(C3)C1)C2)[NH+](C)C. The molecule has 0 radical (unpaired) electrons. The number of likely N-dealkylation sites (N-methyl/N-ethyl adjacent to an activating group) is 1. The Labute approximate surface area is 105 Å². The van der Waals surface area contributed by atoms with Gasteiger partial charge in [0, 0.05) is 5.41 Å². The Balaban J connectivity index is 1.81. The van der Waals surface area contributed by atoms with Crippen molar-refractivity contribution in [2.45, 2.75) is 57.6 Å². The summed E-state index contributed by atoms with van der Waals surface area (Å²) >= 11 is 0. The van der Waals surface area contributed by atoms with Gasteiger partial charge in [-0.1, -0.05) is 0 Å². The summed E-state index contributed by atoms with van der Waals surface area (Å²) in [5.74, 6) is 2.83. The zero-order chi connectivity index (χ0) is 12.2. The van der Waals surface area contributed by atoms with Crippen molar-refractivity contribution in [3.63, 3.8) is 0 Å². The maximum absolute atomic E-state index is 10.8. The van der Waals surface area contributed by atoms with Crippen molar-refractivity contribution in [3.8, 4) is 0 Å². The van der Waals surface area contributed by atoms with Crippen LogP contribution in [0.5, 0.6) is 0 Å². The predicted octanol–water partition coefficient (Wildman–Crippen LogP) is 1.10. The molecule has 4 saturated carbocycles. The van der Waals surface area contributed by atoms with Gasteiger partial charge in [-0.05, 0) is 63.2 Å². The van der Waals surface area contributed by atoms with Crippen LogP contribution >= 0.6 is 0 Å². The van der Waals surface area contributed by atoms with Crippen LogP contribution in [0.25, 0.3) is 0 Å². The average molecular weight is 238 g/mol. The minimum atomic E-state index is -0.0825. The van der Waals surface area contributed by atoms with E-state index in [-0.39, 0.29) is 6.10 Å². The van der Waals surface area contributed by atoms with Crippen LogP contribution in [0.1, 0.15) is 45.4 Å². The van der Waals surface area contributed by atoms with Gasteiger partial charge in [-0.3, -0.25) is 0 Å². The monoisotopic (exact) mass is 238 g/mol. The number of rotatable bonds is 3. The molecule has 2 heteroatoms. The number of aliphatic hydroxyl groups excluding tert-OH is 1. The van der Waals surface area contributed by atoms with Crippen LogP contribution in [-0.2, 0) is 0 Å². The summed E-state index contributed by atoms with van der Waals surface area (Å²) in [6, 6.07) is 0.381. The lowest BCUT2D eigenvalue weighted by molar-refractivity contribution is -0.889. The Kier molecular flexibility index (Phi) is 2.79. The van der Waals surface area contributed by atoms with E-state index in [1.165, 1.54) is 43.4 Å². The van der Waals surface area contributed by atoms with E-state index in [4.69, 9.17) is 0 Å². The molecule has 2 atom stereocenters. The van der Waals surface area contributed by atoms with Crippen molar-refractivity contribution in [1.29, 1.82) is 0 Å². The molecule has 2 N–H and O–H groups in total. The topological polar surface area (TPSA) is 24.7 Å². The third kappa shape index (κ3) is 1.84. The van der Waals surface area contributed by atoms with Crippen LogP contribution in [0.3, 0.4) is 0 Å². The molecule has 2 nitrogen and oxygen atoms in total. The molecule has 0 spiro atoms. The Morgan fingerprint density at radius 3 is 1.76 bits per heavy atom. The summed E-state index contributed by atoms with van der Waals surface area (Å²) in [6.45, 7) is 2.22. The van der Waals surface area contributed by atoms with Gasteiger partial charge < -0.3 is 10.0 Å². The van der Waals surface area contributed by atoms with Gasteiger partial charge in [0.1, 0.15) is 12.1 Å². The third-order valence-corrected chi connectivity index (χ3v) is 6.10. The van der Waals surface area contributed by atoms with Crippen LogP contribution in [-0.4, -0.2) is 31.3 Å². The second kappa shape index (κ2) is 3.96. The molecule has 0 aromatic heterocycles. The summed E-state index contributed by atoms with van der Waals surface area (Å²) in [4.78, 5) is 1.40. The molecular formula is C15H28NO+. The molecular weight excluding hydrogens is 210 g/mol. The smallest absolute Gasteiger partial charge is 0.111 e. The van der Waals surface area contributed by atoms with Crippen LogP contribution in [0.15, 0.2) is 0 Å². The molecule has 0 aromatic rings. The Bertz CT molecular complexity index is 264. The van der Waals surface area contributed by atoms with Crippen molar-refractivity contribution >= 4 is 0 Å². The fourth-order valence-electron chi connectivity index (χ4n) is 5.39. The van der Waals surface area contributed by atoms with E-state index in [0.717, 1.165) is 17.8 Å². The van der Waals surface area contributed by atoms with Gasteiger partial charge in [-0.15, -0.1) is 0 Å². The van der Waals surface area contributed by atoms with Gasteiger partial charge in [0.05, 0.1) is 14.1 Å². The van der Waals surface area contributed by atoms with Crippen LogP contribution < -0.4 is 4.90 Å². The molecule has 0 aliphatic heterocycles. The van der Waals surface area contributed by atoms with E-state index < -0.39 is 0 Å². The maximum Gasteiger partial charge on any atom is 0.111 e. The highest BCUT2D eigenvalue weighted by Crippen LogP contribution is 2.61. The minimum absolute atomic E-state index is 0.0825. The third-order valence-electron chi connectivity index (χ3n) is 6.10. The van der Waals surface area contributed by atoms with Gasteiger partial charge in [-0.25, -0.2) is 0 Å². The van der Waals surface area contributed by atoms with Crippen molar-refractivity contribution in [3.05, 3.63) is 0 Å². The van der Waals surface area contributed by atoms with E-state index in [0.29, 0.717) is 11.5 Å². The number of nitrogens with one attached hydrogen (secondary N) is 1. The number of hydrogen-bond acceptors (Lipinski definition) is 1. The molecule has 0 amide bonds. The lowest BCUT2D eigenvalue weighted by Gasteiger charge is -2.59. The predicted molar refractivity (Wildman–Crippen MR) is 68.9 cm³/mol. The number of aliphatic hydroxyl groups is 1. The lowest BCUT2D eigenvalue weighted by Crippen LogP contribution is -3.11. The van der Waals surface area contributed by atoms with E-state index in [2.05, 4.69) is 21.0 Å². The largest absolute Gasteiger partial charge is 0.386 e. The molecule has 98 valence electrons. The zero-order valence-corrected chi connectivity index (χ0v) is 11.6. The van der Waals surface area contributed by atoms with Crippen LogP contribution in [0, 0.1) is 23.2 Å². The highest BCUT2D eigenvalue weighted by atomic mass is 16.3. The number of quaternary nitrogens is 1. The molecule has 0 aromatic carbocycles. The van der Waals surface area contributed by atoms with Gasteiger partial charge in [-0.2, -0.15) is 0 Å². The molecule has 4 bridgehead atoms. The number of hydrogen-bond donors (Lipinski definition) is 2.